The van der Waals surface area contributed by atoms with E-state index in [1.54, 1.807) is 24.3 Å². The smallest absolute Gasteiger partial charge is 0.185 e. The normalized spacial score (nSPS) is 15.2. The number of carbonyl (C=O) groups excluding carboxylic acids is 1. The summed E-state index contributed by atoms with van der Waals surface area (Å²) in [5, 5.41) is 1.84. The van der Waals surface area contributed by atoms with Gasteiger partial charge in [0.15, 0.2) is 17.3 Å². The van der Waals surface area contributed by atoms with E-state index in [0.29, 0.717) is 34.5 Å². The summed E-state index contributed by atoms with van der Waals surface area (Å²) >= 11 is 1.37. The molecule has 1 aromatic carbocycles. The Balaban J connectivity index is 1.76. The molecule has 2 heterocycles. The van der Waals surface area contributed by atoms with E-state index in [0.717, 1.165) is 6.42 Å². The molecule has 1 unspecified atom stereocenters. The summed E-state index contributed by atoms with van der Waals surface area (Å²) in [6.07, 6.45) is 0.823. The van der Waals surface area contributed by atoms with Crippen molar-refractivity contribution in [3.8, 4) is 11.5 Å². The molecule has 6 heteroatoms. The molecule has 4 nitrogen and oxygen atoms in total. The maximum Gasteiger partial charge on any atom is 0.185 e. The first-order valence-corrected chi connectivity index (χ1v) is 8.78. The third-order valence-electron chi connectivity index (χ3n) is 3.04. The number of ether oxygens (including phenoxy) is 2. The zero-order chi connectivity index (χ0) is 14.7. The van der Waals surface area contributed by atoms with Gasteiger partial charge in [-0.15, -0.1) is 11.3 Å². The Bertz CT molecular complexity index is 664. The highest BCUT2D eigenvalue weighted by Crippen LogP contribution is 2.31. The van der Waals surface area contributed by atoms with E-state index in [1.165, 1.54) is 11.3 Å². The third-order valence-corrected chi connectivity index (χ3v) is 5.26. The highest BCUT2D eigenvalue weighted by Gasteiger charge is 2.16. The van der Waals surface area contributed by atoms with Crippen LogP contribution in [0.2, 0.25) is 0 Å². The molecule has 1 aliphatic heterocycles. The van der Waals surface area contributed by atoms with Crippen LogP contribution in [0.3, 0.4) is 0 Å². The van der Waals surface area contributed by atoms with Crippen LogP contribution in [0.25, 0.3) is 0 Å². The van der Waals surface area contributed by atoms with Crippen molar-refractivity contribution in [2.45, 2.75) is 11.3 Å². The summed E-state index contributed by atoms with van der Waals surface area (Å²) in [4.78, 5) is 13.2. The van der Waals surface area contributed by atoms with Crippen molar-refractivity contribution in [3.63, 3.8) is 0 Å². The minimum absolute atomic E-state index is 0.0137. The molecular formula is C15H14O4S2. The second kappa shape index (κ2) is 6.41. The van der Waals surface area contributed by atoms with Crippen LogP contribution in [0.4, 0.5) is 0 Å². The van der Waals surface area contributed by atoms with Gasteiger partial charge in [0.05, 0.1) is 34.6 Å². The Hall–Kier alpha value is -1.66. The molecule has 0 amide bonds. The van der Waals surface area contributed by atoms with Crippen LogP contribution < -0.4 is 9.47 Å². The lowest BCUT2D eigenvalue weighted by Crippen LogP contribution is -2.10. The molecule has 0 saturated carbocycles. The standard InChI is InChI=1S/C15H14O4S2/c16-12(15-3-1-8-20-15)10-21(17)11-4-5-13-14(9-11)19-7-2-6-18-13/h1,3-5,8-9H,2,6-7,10H2. The molecule has 21 heavy (non-hydrogen) atoms. The van der Waals surface area contributed by atoms with Crippen molar-refractivity contribution in [1.82, 2.24) is 0 Å². The zero-order valence-electron chi connectivity index (χ0n) is 11.2. The summed E-state index contributed by atoms with van der Waals surface area (Å²) < 4.78 is 23.4. The summed E-state index contributed by atoms with van der Waals surface area (Å²) in [7, 11) is -1.38. The number of hydrogen-bond donors (Lipinski definition) is 0. The lowest BCUT2D eigenvalue weighted by atomic mass is 10.3. The van der Waals surface area contributed by atoms with Crippen molar-refractivity contribution < 1.29 is 18.5 Å². The molecule has 0 aliphatic carbocycles. The molecule has 0 radical (unpaired) electrons. The van der Waals surface area contributed by atoms with Gasteiger partial charge in [0.2, 0.25) is 0 Å². The van der Waals surface area contributed by atoms with Crippen molar-refractivity contribution in [1.29, 1.82) is 0 Å². The minimum atomic E-state index is -1.38. The van der Waals surface area contributed by atoms with E-state index in [9.17, 15) is 9.00 Å². The Kier molecular flexibility index (Phi) is 4.36. The number of fused-ring (bicyclic) bond motifs is 1. The van der Waals surface area contributed by atoms with Crippen LogP contribution >= 0.6 is 11.3 Å². The molecule has 1 atom stereocenters. The molecule has 0 N–H and O–H groups in total. The lowest BCUT2D eigenvalue weighted by molar-refractivity contribution is 0.102. The average molecular weight is 322 g/mol. The summed E-state index contributed by atoms with van der Waals surface area (Å²) in [5.74, 6) is 1.15. The molecule has 2 aromatic rings. The van der Waals surface area contributed by atoms with Gasteiger partial charge in [-0.05, 0) is 23.6 Å². The molecule has 110 valence electrons. The van der Waals surface area contributed by atoms with Crippen LogP contribution in [0, 0.1) is 0 Å². The van der Waals surface area contributed by atoms with Crippen molar-refractivity contribution >= 4 is 27.9 Å². The van der Waals surface area contributed by atoms with Gasteiger partial charge in [-0.3, -0.25) is 9.00 Å². The second-order valence-electron chi connectivity index (χ2n) is 4.55. The van der Waals surface area contributed by atoms with E-state index in [2.05, 4.69) is 0 Å². The highest BCUT2D eigenvalue weighted by atomic mass is 32.2. The molecule has 0 bridgehead atoms. The third kappa shape index (κ3) is 3.33. The van der Waals surface area contributed by atoms with E-state index in [1.807, 2.05) is 11.4 Å². The predicted molar refractivity (Wildman–Crippen MR) is 82.0 cm³/mol. The predicted octanol–water partition coefficient (Wildman–Crippen LogP) is 2.90. The first-order valence-electron chi connectivity index (χ1n) is 6.59. The Morgan fingerprint density at radius 2 is 2.00 bits per heavy atom. The SMILES string of the molecule is O=C(CS(=O)c1ccc2c(c1)OCCCO2)c1cccs1. The molecular weight excluding hydrogens is 308 g/mol. The van der Waals surface area contributed by atoms with Crippen LogP contribution in [0.15, 0.2) is 40.6 Å². The maximum absolute atomic E-state index is 12.3. The number of Topliss-reactive ketones (excluding diaryl/α,β-unsaturated/α-hetero) is 1. The van der Waals surface area contributed by atoms with Gasteiger partial charge in [0, 0.05) is 17.4 Å². The number of rotatable bonds is 4. The summed E-state index contributed by atoms with van der Waals surface area (Å²) in [5.41, 5.74) is 0. The number of carbonyl (C=O) groups is 1. The number of benzene rings is 1. The average Bonchev–Trinajstić information content (AvgIpc) is 2.92. The van der Waals surface area contributed by atoms with Crippen LogP contribution in [-0.2, 0) is 10.8 Å². The zero-order valence-corrected chi connectivity index (χ0v) is 12.9. The fourth-order valence-corrected chi connectivity index (χ4v) is 3.77. The molecule has 0 spiro atoms. The largest absolute Gasteiger partial charge is 0.490 e. The van der Waals surface area contributed by atoms with Crippen molar-refractivity contribution in [3.05, 3.63) is 40.6 Å². The molecule has 1 aromatic heterocycles. The maximum atomic E-state index is 12.3. The van der Waals surface area contributed by atoms with E-state index in [-0.39, 0.29) is 11.5 Å². The van der Waals surface area contributed by atoms with Gasteiger partial charge in [-0.25, -0.2) is 0 Å². The first-order chi connectivity index (χ1) is 10.2. The molecule has 3 rings (SSSR count). The first kappa shape index (κ1) is 14.3. The van der Waals surface area contributed by atoms with Gasteiger partial charge < -0.3 is 9.47 Å². The minimum Gasteiger partial charge on any atom is -0.490 e. The van der Waals surface area contributed by atoms with Gasteiger partial charge >= 0.3 is 0 Å². The number of hydrogen-bond acceptors (Lipinski definition) is 5. The monoisotopic (exact) mass is 322 g/mol. The van der Waals surface area contributed by atoms with E-state index < -0.39 is 10.8 Å². The van der Waals surface area contributed by atoms with Crippen LogP contribution in [0.5, 0.6) is 11.5 Å². The Labute approximate surface area is 129 Å². The van der Waals surface area contributed by atoms with Gasteiger partial charge in [-0.1, -0.05) is 6.07 Å². The Morgan fingerprint density at radius 1 is 1.19 bits per heavy atom. The lowest BCUT2D eigenvalue weighted by Gasteiger charge is -2.08. The fourth-order valence-electron chi connectivity index (χ4n) is 2.00. The fraction of sp³-hybridized carbons (Fsp3) is 0.267. The van der Waals surface area contributed by atoms with Crippen LogP contribution in [-0.4, -0.2) is 29.0 Å². The number of thiophene rings is 1. The van der Waals surface area contributed by atoms with Crippen molar-refractivity contribution in [2.75, 3.05) is 19.0 Å². The van der Waals surface area contributed by atoms with Gasteiger partial charge in [-0.2, -0.15) is 0 Å². The molecule has 1 aliphatic rings. The Morgan fingerprint density at radius 3 is 2.76 bits per heavy atom. The van der Waals surface area contributed by atoms with Gasteiger partial charge in [0.1, 0.15) is 0 Å². The van der Waals surface area contributed by atoms with Crippen LogP contribution in [0.1, 0.15) is 16.1 Å². The second-order valence-corrected chi connectivity index (χ2v) is 6.95. The number of ketones is 1. The van der Waals surface area contributed by atoms with E-state index in [4.69, 9.17) is 9.47 Å². The van der Waals surface area contributed by atoms with Crippen molar-refractivity contribution in [2.24, 2.45) is 0 Å². The van der Waals surface area contributed by atoms with E-state index >= 15 is 0 Å². The topological polar surface area (TPSA) is 52.6 Å². The molecule has 0 fully saturated rings. The summed E-state index contributed by atoms with van der Waals surface area (Å²) in [6.45, 7) is 1.20. The molecule has 0 saturated heterocycles. The summed E-state index contributed by atoms with van der Waals surface area (Å²) in [6, 6.07) is 8.75. The quantitative estimate of drug-likeness (QED) is 0.812. The highest BCUT2D eigenvalue weighted by molar-refractivity contribution is 7.85. The van der Waals surface area contributed by atoms with Gasteiger partial charge in [0.25, 0.3) is 0 Å².